The summed E-state index contributed by atoms with van der Waals surface area (Å²) < 4.78 is 6.10. The maximum Gasteiger partial charge on any atom is 0.0810 e. The molecule has 1 aliphatic carbocycles. The molecule has 18 heavy (non-hydrogen) atoms. The van der Waals surface area contributed by atoms with Gasteiger partial charge in [-0.15, -0.1) is 0 Å². The summed E-state index contributed by atoms with van der Waals surface area (Å²) in [5.41, 5.74) is 0.0970. The van der Waals surface area contributed by atoms with E-state index in [-0.39, 0.29) is 5.60 Å². The topological polar surface area (TPSA) is 21.3 Å². The van der Waals surface area contributed by atoms with Gasteiger partial charge in [0.1, 0.15) is 0 Å². The number of rotatable bonds is 5. The van der Waals surface area contributed by atoms with Crippen molar-refractivity contribution >= 4 is 0 Å². The Labute approximate surface area is 113 Å². The molecule has 1 aliphatic heterocycles. The standard InChI is InChI=1S/C16H31NO/c1-4-13-7-9-14(10-8-13)15(17-5-2)16(3)11-6-12-18-16/h13-15,17H,4-12H2,1-3H3. The Morgan fingerprint density at radius 1 is 1.22 bits per heavy atom. The molecule has 2 nitrogen and oxygen atoms in total. The lowest BCUT2D eigenvalue weighted by atomic mass is 9.72. The first kappa shape index (κ1) is 14.3. The highest BCUT2D eigenvalue weighted by molar-refractivity contribution is 4.97. The molecule has 0 bridgehead atoms. The molecule has 0 aromatic carbocycles. The molecule has 106 valence electrons. The first-order valence-corrected chi connectivity index (χ1v) is 8.07. The normalized spacial score (nSPS) is 38.8. The lowest BCUT2D eigenvalue weighted by Gasteiger charge is -2.42. The van der Waals surface area contributed by atoms with Gasteiger partial charge in [-0.3, -0.25) is 0 Å². The van der Waals surface area contributed by atoms with Crippen LogP contribution in [-0.4, -0.2) is 24.8 Å². The predicted molar refractivity (Wildman–Crippen MR) is 76.8 cm³/mol. The largest absolute Gasteiger partial charge is 0.374 e. The minimum absolute atomic E-state index is 0.0970. The van der Waals surface area contributed by atoms with Crippen LogP contribution in [-0.2, 0) is 4.74 Å². The number of likely N-dealkylation sites (N-methyl/N-ethyl adjacent to an activating group) is 1. The van der Waals surface area contributed by atoms with E-state index in [2.05, 4.69) is 26.1 Å². The van der Waals surface area contributed by atoms with Crippen LogP contribution in [0.1, 0.15) is 65.7 Å². The van der Waals surface area contributed by atoms with Crippen molar-refractivity contribution in [2.24, 2.45) is 11.8 Å². The fourth-order valence-electron chi connectivity index (χ4n) is 4.08. The highest BCUT2D eigenvalue weighted by atomic mass is 16.5. The monoisotopic (exact) mass is 253 g/mol. The molecule has 1 saturated heterocycles. The number of hydrogen-bond donors (Lipinski definition) is 1. The average molecular weight is 253 g/mol. The summed E-state index contributed by atoms with van der Waals surface area (Å²) in [6.45, 7) is 8.93. The Morgan fingerprint density at radius 3 is 2.44 bits per heavy atom. The molecule has 2 heteroatoms. The van der Waals surface area contributed by atoms with E-state index < -0.39 is 0 Å². The molecule has 1 N–H and O–H groups in total. The summed E-state index contributed by atoms with van der Waals surface area (Å²) in [6, 6.07) is 0.572. The molecule has 2 fully saturated rings. The van der Waals surface area contributed by atoms with Gasteiger partial charge < -0.3 is 10.1 Å². The molecule has 1 saturated carbocycles. The molecule has 2 unspecified atom stereocenters. The number of ether oxygens (including phenoxy) is 1. The highest BCUT2D eigenvalue weighted by Gasteiger charge is 2.42. The SMILES string of the molecule is CCNC(C1CCC(CC)CC1)C1(C)CCCO1. The van der Waals surface area contributed by atoms with Gasteiger partial charge in [-0.1, -0.05) is 33.1 Å². The van der Waals surface area contributed by atoms with E-state index in [1.165, 1.54) is 44.9 Å². The first-order chi connectivity index (χ1) is 8.69. The van der Waals surface area contributed by atoms with Crippen molar-refractivity contribution in [3.8, 4) is 0 Å². The van der Waals surface area contributed by atoms with Gasteiger partial charge in [0.15, 0.2) is 0 Å². The first-order valence-electron chi connectivity index (χ1n) is 8.07. The van der Waals surface area contributed by atoms with Crippen LogP contribution in [0.4, 0.5) is 0 Å². The van der Waals surface area contributed by atoms with Crippen molar-refractivity contribution in [3.63, 3.8) is 0 Å². The predicted octanol–water partition coefficient (Wildman–Crippen LogP) is 3.75. The van der Waals surface area contributed by atoms with E-state index >= 15 is 0 Å². The molecule has 0 aromatic heterocycles. The van der Waals surface area contributed by atoms with E-state index in [1.54, 1.807) is 0 Å². The smallest absolute Gasteiger partial charge is 0.0810 e. The Kier molecular flexibility index (Phi) is 5.08. The van der Waals surface area contributed by atoms with Crippen LogP contribution < -0.4 is 5.32 Å². The van der Waals surface area contributed by atoms with Crippen molar-refractivity contribution in [1.82, 2.24) is 5.32 Å². The van der Waals surface area contributed by atoms with Gasteiger partial charge in [0.2, 0.25) is 0 Å². The second-order valence-electron chi connectivity index (χ2n) is 6.49. The van der Waals surface area contributed by atoms with Crippen molar-refractivity contribution in [2.75, 3.05) is 13.2 Å². The molecule has 2 aliphatic rings. The minimum atomic E-state index is 0.0970. The summed E-state index contributed by atoms with van der Waals surface area (Å²) in [5, 5.41) is 3.74. The van der Waals surface area contributed by atoms with Crippen LogP contribution >= 0.6 is 0 Å². The van der Waals surface area contributed by atoms with Crippen LogP contribution in [0.5, 0.6) is 0 Å². The van der Waals surface area contributed by atoms with E-state index in [0.29, 0.717) is 6.04 Å². The van der Waals surface area contributed by atoms with Crippen LogP contribution in [0.2, 0.25) is 0 Å². The van der Waals surface area contributed by atoms with Crippen molar-refractivity contribution in [2.45, 2.75) is 77.4 Å². The Hall–Kier alpha value is -0.0800. The van der Waals surface area contributed by atoms with Gasteiger partial charge in [0.05, 0.1) is 5.60 Å². The third-order valence-electron chi connectivity index (χ3n) is 5.27. The highest BCUT2D eigenvalue weighted by Crippen LogP contribution is 2.39. The Bertz CT molecular complexity index is 239. The summed E-state index contributed by atoms with van der Waals surface area (Å²) in [4.78, 5) is 0. The third kappa shape index (κ3) is 3.08. The summed E-state index contributed by atoms with van der Waals surface area (Å²) in [5.74, 6) is 1.82. The summed E-state index contributed by atoms with van der Waals surface area (Å²) in [7, 11) is 0. The van der Waals surface area contributed by atoms with Gasteiger partial charge in [-0.05, 0) is 51.0 Å². The van der Waals surface area contributed by atoms with Gasteiger partial charge in [0, 0.05) is 12.6 Å². The van der Waals surface area contributed by atoms with E-state index in [0.717, 1.165) is 25.0 Å². The second kappa shape index (κ2) is 6.38. The second-order valence-corrected chi connectivity index (χ2v) is 6.49. The zero-order valence-corrected chi connectivity index (χ0v) is 12.5. The van der Waals surface area contributed by atoms with E-state index in [9.17, 15) is 0 Å². The van der Waals surface area contributed by atoms with Gasteiger partial charge in [0.25, 0.3) is 0 Å². The molecule has 1 heterocycles. The van der Waals surface area contributed by atoms with Crippen molar-refractivity contribution in [3.05, 3.63) is 0 Å². The maximum atomic E-state index is 6.10. The molecular formula is C16H31NO. The maximum absolute atomic E-state index is 6.10. The third-order valence-corrected chi connectivity index (χ3v) is 5.27. The fourth-order valence-corrected chi connectivity index (χ4v) is 4.08. The summed E-state index contributed by atoms with van der Waals surface area (Å²) >= 11 is 0. The molecule has 2 atom stereocenters. The molecule has 2 rings (SSSR count). The van der Waals surface area contributed by atoms with E-state index in [1.807, 2.05) is 0 Å². The van der Waals surface area contributed by atoms with Gasteiger partial charge in [-0.2, -0.15) is 0 Å². The molecule has 0 aromatic rings. The van der Waals surface area contributed by atoms with Crippen molar-refractivity contribution in [1.29, 1.82) is 0 Å². The Balaban J connectivity index is 1.97. The Morgan fingerprint density at radius 2 is 1.94 bits per heavy atom. The van der Waals surface area contributed by atoms with Crippen molar-refractivity contribution < 1.29 is 4.74 Å². The minimum Gasteiger partial charge on any atom is -0.374 e. The van der Waals surface area contributed by atoms with Gasteiger partial charge >= 0.3 is 0 Å². The number of nitrogens with one attached hydrogen (secondary N) is 1. The fraction of sp³-hybridized carbons (Fsp3) is 1.00. The van der Waals surface area contributed by atoms with E-state index in [4.69, 9.17) is 4.74 Å². The lowest BCUT2D eigenvalue weighted by Crippen LogP contribution is -2.53. The lowest BCUT2D eigenvalue weighted by molar-refractivity contribution is -0.0354. The zero-order chi connectivity index (χ0) is 13.0. The molecule has 0 spiro atoms. The number of hydrogen-bond acceptors (Lipinski definition) is 2. The summed E-state index contributed by atoms with van der Waals surface area (Å²) in [6.07, 6.45) is 9.50. The van der Waals surface area contributed by atoms with Crippen LogP contribution in [0.25, 0.3) is 0 Å². The molecular weight excluding hydrogens is 222 g/mol. The zero-order valence-electron chi connectivity index (χ0n) is 12.5. The van der Waals surface area contributed by atoms with Crippen LogP contribution in [0.3, 0.4) is 0 Å². The average Bonchev–Trinajstić information content (AvgIpc) is 2.84. The quantitative estimate of drug-likeness (QED) is 0.805. The van der Waals surface area contributed by atoms with Crippen LogP contribution in [0.15, 0.2) is 0 Å². The van der Waals surface area contributed by atoms with Crippen LogP contribution in [0, 0.1) is 11.8 Å². The van der Waals surface area contributed by atoms with Gasteiger partial charge in [-0.25, -0.2) is 0 Å². The molecule has 0 radical (unpaired) electrons. The molecule has 0 amide bonds.